The Morgan fingerprint density at radius 1 is 1.33 bits per heavy atom. The van der Waals surface area contributed by atoms with Gasteiger partial charge in [0.2, 0.25) is 0 Å². The minimum Gasteiger partial charge on any atom is -0.478 e. The molecule has 0 saturated heterocycles. The van der Waals surface area contributed by atoms with E-state index in [0.717, 1.165) is 44.4 Å². The van der Waals surface area contributed by atoms with Crippen LogP contribution < -0.4 is 0 Å². The van der Waals surface area contributed by atoms with E-state index in [2.05, 4.69) is 9.97 Å². The smallest absolute Gasteiger partial charge is 0.328 e. The number of aliphatic carboxylic acids is 1. The van der Waals surface area contributed by atoms with Crippen LogP contribution in [-0.4, -0.2) is 21.0 Å². The summed E-state index contributed by atoms with van der Waals surface area (Å²) in [4.78, 5) is 20.7. The molecule has 6 heteroatoms. The van der Waals surface area contributed by atoms with Crippen molar-refractivity contribution in [2.75, 3.05) is 0 Å². The molecule has 0 atom stereocenters. The number of thioether (sulfide) groups is 1. The lowest BCUT2D eigenvalue weighted by Crippen LogP contribution is -1.98. The first-order valence-electron chi connectivity index (χ1n) is 6.39. The molecule has 2 aromatic heterocycles. The van der Waals surface area contributed by atoms with Gasteiger partial charge in [0.1, 0.15) is 0 Å². The van der Waals surface area contributed by atoms with Gasteiger partial charge < -0.3 is 5.11 Å². The Hall–Kier alpha value is -1.66. The van der Waals surface area contributed by atoms with Crippen molar-refractivity contribution in [3.05, 3.63) is 44.9 Å². The second kappa shape index (κ2) is 6.87. The molecule has 1 N–H and O–H groups in total. The molecule has 0 unspecified atom stereocenters. The first kappa shape index (κ1) is 15.7. The topological polar surface area (TPSA) is 63.1 Å². The van der Waals surface area contributed by atoms with Crippen molar-refractivity contribution in [1.29, 1.82) is 0 Å². The zero-order valence-electron chi connectivity index (χ0n) is 12.1. The molecule has 0 aliphatic rings. The zero-order valence-corrected chi connectivity index (χ0v) is 13.7. The van der Waals surface area contributed by atoms with E-state index < -0.39 is 5.97 Å². The summed E-state index contributed by atoms with van der Waals surface area (Å²) >= 11 is 3.18. The van der Waals surface area contributed by atoms with Gasteiger partial charge in [-0.25, -0.2) is 14.8 Å². The summed E-state index contributed by atoms with van der Waals surface area (Å²) in [5, 5.41) is 11.4. The van der Waals surface area contributed by atoms with Gasteiger partial charge in [0, 0.05) is 28.1 Å². The number of aromatic nitrogens is 2. The van der Waals surface area contributed by atoms with Crippen LogP contribution in [-0.2, 0) is 10.5 Å². The highest BCUT2D eigenvalue weighted by Gasteiger charge is 2.08. The van der Waals surface area contributed by atoms with Crippen LogP contribution in [0.2, 0.25) is 0 Å². The molecule has 2 aromatic rings. The number of carboxylic acids is 1. The van der Waals surface area contributed by atoms with E-state index >= 15 is 0 Å². The van der Waals surface area contributed by atoms with Crippen LogP contribution in [0.25, 0.3) is 6.08 Å². The van der Waals surface area contributed by atoms with E-state index in [1.54, 1.807) is 29.2 Å². The largest absolute Gasteiger partial charge is 0.478 e. The molecule has 0 bridgehead atoms. The van der Waals surface area contributed by atoms with E-state index in [1.807, 2.05) is 32.2 Å². The van der Waals surface area contributed by atoms with Crippen LogP contribution in [0.5, 0.6) is 0 Å². The van der Waals surface area contributed by atoms with Gasteiger partial charge in [0.15, 0.2) is 5.16 Å². The van der Waals surface area contributed by atoms with Gasteiger partial charge in [0.25, 0.3) is 0 Å². The van der Waals surface area contributed by atoms with E-state index in [-0.39, 0.29) is 0 Å². The lowest BCUT2D eigenvalue weighted by Gasteiger charge is -2.06. The summed E-state index contributed by atoms with van der Waals surface area (Å²) in [5.41, 5.74) is 4.07. The van der Waals surface area contributed by atoms with E-state index in [1.165, 1.54) is 0 Å². The molecule has 4 nitrogen and oxygen atoms in total. The fraction of sp³-hybridized carbons (Fsp3) is 0.267. The number of rotatable bonds is 5. The molecular weight excluding hydrogens is 304 g/mol. The van der Waals surface area contributed by atoms with Crippen LogP contribution in [0.1, 0.15) is 27.4 Å². The quantitative estimate of drug-likeness (QED) is 0.515. The van der Waals surface area contributed by atoms with Crippen molar-refractivity contribution in [3.63, 3.8) is 0 Å². The molecular formula is C15H16N2O2S2. The molecule has 0 fully saturated rings. The minimum atomic E-state index is -0.937. The third-order valence-electron chi connectivity index (χ3n) is 3.13. The average molecular weight is 320 g/mol. The maximum absolute atomic E-state index is 10.6. The SMILES string of the molecule is Cc1nc(SCc2sccc2C=CC(=O)O)nc(C)c1C. The molecule has 21 heavy (non-hydrogen) atoms. The maximum atomic E-state index is 10.6. The number of hydrogen-bond acceptors (Lipinski definition) is 5. The van der Waals surface area contributed by atoms with Gasteiger partial charge >= 0.3 is 5.97 Å². The lowest BCUT2D eigenvalue weighted by molar-refractivity contribution is -0.131. The number of nitrogens with zero attached hydrogens (tertiary/aromatic N) is 2. The molecule has 0 spiro atoms. The van der Waals surface area contributed by atoms with Gasteiger partial charge in [-0.2, -0.15) is 0 Å². The van der Waals surface area contributed by atoms with E-state index in [4.69, 9.17) is 5.11 Å². The molecule has 0 aromatic carbocycles. The van der Waals surface area contributed by atoms with Gasteiger partial charge in [-0.15, -0.1) is 11.3 Å². The van der Waals surface area contributed by atoms with Gasteiger partial charge in [-0.3, -0.25) is 0 Å². The second-order valence-electron chi connectivity index (χ2n) is 4.56. The molecule has 0 radical (unpaired) electrons. The minimum absolute atomic E-state index is 0.735. The summed E-state index contributed by atoms with van der Waals surface area (Å²) in [6, 6.07) is 1.92. The molecule has 0 aliphatic heterocycles. The number of carbonyl (C=O) groups is 1. The Kier molecular flexibility index (Phi) is 5.14. The Balaban J connectivity index is 2.10. The lowest BCUT2D eigenvalue weighted by atomic mass is 10.2. The molecule has 0 saturated carbocycles. The Bertz CT molecular complexity index is 670. The zero-order chi connectivity index (χ0) is 15.4. The van der Waals surface area contributed by atoms with Crippen molar-refractivity contribution in [3.8, 4) is 0 Å². The molecule has 110 valence electrons. The highest BCUT2D eigenvalue weighted by Crippen LogP contribution is 2.27. The van der Waals surface area contributed by atoms with E-state index in [0.29, 0.717) is 0 Å². The second-order valence-corrected chi connectivity index (χ2v) is 6.50. The van der Waals surface area contributed by atoms with Gasteiger partial charge in [-0.1, -0.05) is 11.8 Å². The van der Waals surface area contributed by atoms with Gasteiger partial charge in [0.05, 0.1) is 0 Å². The van der Waals surface area contributed by atoms with Crippen molar-refractivity contribution in [2.45, 2.75) is 31.7 Å². The van der Waals surface area contributed by atoms with Crippen molar-refractivity contribution >= 4 is 35.1 Å². The predicted molar refractivity (Wildman–Crippen MR) is 86.8 cm³/mol. The monoisotopic (exact) mass is 320 g/mol. The van der Waals surface area contributed by atoms with E-state index in [9.17, 15) is 4.79 Å². The summed E-state index contributed by atoms with van der Waals surface area (Å²) in [5.74, 6) is -0.202. The van der Waals surface area contributed by atoms with Crippen molar-refractivity contribution in [1.82, 2.24) is 9.97 Å². The van der Waals surface area contributed by atoms with Crippen LogP contribution in [0, 0.1) is 20.8 Å². The fourth-order valence-electron chi connectivity index (χ4n) is 1.71. The summed E-state index contributed by atoms with van der Waals surface area (Å²) < 4.78 is 0. The number of carboxylic acid groups (broad SMARTS) is 1. The van der Waals surface area contributed by atoms with Crippen LogP contribution >= 0.6 is 23.1 Å². The number of hydrogen-bond donors (Lipinski definition) is 1. The van der Waals surface area contributed by atoms with Gasteiger partial charge in [-0.05, 0) is 49.4 Å². The highest BCUT2D eigenvalue weighted by molar-refractivity contribution is 7.98. The van der Waals surface area contributed by atoms with Crippen LogP contribution in [0.4, 0.5) is 0 Å². The molecule has 0 aliphatic carbocycles. The molecule has 0 amide bonds. The standard InChI is InChI=1S/C15H16N2O2S2/c1-9-10(2)16-15(17-11(9)3)21-8-13-12(6-7-20-13)4-5-14(18)19/h4-7H,8H2,1-3H3,(H,18,19). The first-order chi connectivity index (χ1) is 9.97. The first-order valence-corrected chi connectivity index (χ1v) is 8.26. The Morgan fingerprint density at radius 2 is 2.00 bits per heavy atom. The normalized spacial score (nSPS) is 11.2. The summed E-state index contributed by atoms with van der Waals surface area (Å²) in [7, 11) is 0. The average Bonchev–Trinajstić information content (AvgIpc) is 2.87. The van der Waals surface area contributed by atoms with Crippen LogP contribution in [0.15, 0.2) is 22.7 Å². The van der Waals surface area contributed by atoms with Crippen LogP contribution in [0.3, 0.4) is 0 Å². The van der Waals surface area contributed by atoms with Crippen molar-refractivity contribution in [2.24, 2.45) is 0 Å². The summed E-state index contributed by atoms with van der Waals surface area (Å²) in [6.45, 7) is 5.99. The number of thiophene rings is 1. The fourth-order valence-corrected chi connectivity index (χ4v) is 3.64. The number of aryl methyl sites for hydroxylation is 2. The molecule has 2 heterocycles. The maximum Gasteiger partial charge on any atom is 0.328 e. The predicted octanol–water partition coefficient (Wildman–Crippen LogP) is 3.85. The third kappa shape index (κ3) is 4.15. The highest BCUT2D eigenvalue weighted by atomic mass is 32.2. The third-order valence-corrected chi connectivity index (χ3v) is 5.12. The Morgan fingerprint density at radius 3 is 2.62 bits per heavy atom. The summed E-state index contributed by atoms with van der Waals surface area (Å²) in [6.07, 6.45) is 2.79. The Labute approximate surface area is 132 Å². The molecule has 2 rings (SSSR count). The van der Waals surface area contributed by atoms with Crippen molar-refractivity contribution < 1.29 is 9.90 Å².